The van der Waals surface area contributed by atoms with Crippen LogP contribution in [0.5, 0.6) is 0 Å². The smallest absolute Gasteiger partial charge is 0.269 e. The third-order valence-electron chi connectivity index (χ3n) is 4.46. The van der Waals surface area contributed by atoms with Crippen molar-refractivity contribution in [2.24, 2.45) is 0 Å². The molecule has 3 rings (SSSR count). The lowest BCUT2D eigenvalue weighted by Crippen LogP contribution is -2.41. The van der Waals surface area contributed by atoms with E-state index in [0.717, 1.165) is 37.1 Å². The maximum absolute atomic E-state index is 12.6. The number of carbonyl (C=O) groups excluding carboxylic acids is 1. The lowest BCUT2D eigenvalue weighted by atomic mass is 10.2. The Hall–Kier alpha value is -2.87. The van der Waals surface area contributed by atoms with Gasteiger partial charge in [0.25, 0.3) is 21.6 Å². The number of nitro benzene ring substituents is 1. The quantitative estimate of drug-likeness (QED) is 0.467. The molecule has 1 saturated heterocycles. The van der Waals surface area contributed by atoms with Crippen LogP contribution >= 0.6 is 0 Å². The maximum atomic E-state index is 12.6. The molecule has 30 heavy (non-hydrogen) atoms. The second-order valence-electron chi connectivity index (χ2n) is 6.45. The first kappa shape index (κ1) is 21.8. The molecule has 0 spiro atoms. The summed E-state index contributed by atoms with van der Waals surface area (Å²) in [5, 5.41) is 10.7. The molecule has 1 fully saturated rings. The Morgan fingerprint density at radius 2 is 1.60 bits per heavy atom. The minimum Gasteiger partial charge on any atom is -0.273 e. The maximum Gasteiger partial charge on any atom is 0.269 e. The zero-order chi connectivity index (χ0) is 21.9. The summed E-state index contributed by atoms with van der Waals surface area (Å²) in [5.41, 5.74) is 1.67. The zero-order valence-corrected chi connectivity index (χ0v) is 17.1. The van der Waals surface area contributed by atoms with Gasteiger partial charge in [-0.25, -0.2) is 16.8 Å². The molecule has 0 radical (unpaired) electrons. The minimum absolute atomic E-state index is 0.0540. The molecular weight excluding hydrogens is 436 g/mol. The van der Waals surface area contributed by atoms with Gasteiger partial charge in [0.1, 0.15) is 0 Å². The number of hydrogen-bond acceptors (Lipinski definition) is 7. The van der Waals surface area contributed by atoms with Crippen LogP contribution in [0.1, 0.15) is 23.2 Å². The van der Waals surface area contributed by atoms with E-state index >= 15 is 0 Å². The first-order valence-corrected chi connectivity index (χ1v) is 11.7. The SMILES string of the molecule is O=C(NNS(=O)(=O)c1ccc([N+](=O)[O-])cc1)c1cccc(S(=O)(=O)N2CCCC2)c1. The summed E-state index contributed by atoms with van der Waals surface area (Å²) >= 11 is 0. The largest absolute Gasteiger partial charge is 0.273 e. The summed E-state index contributed by atoms with van der Waals surface area (Å²) in [6.07, 6.45) is 1.54. The second-order valence-corrected chi connectivity index (χ2v) is 10.1. The van der Waals surface area contributed by atoms with Crippen LogP contribution < -0.4 is 10.3 Å². The Bertz CT molecular complexity index is 1170. The van der Waals surface area contributed by atoms with Gasteiger partial charge in [-0.3, -0.25) is 20.3 Å². The molecule has 13 heteroatoms. The summed E-state index contributed by atoms with van der Waals surface area (Å²) in [5.74, 6) is -0.862. The summed E-state index contributed by atoms with van der Waals surface area (Å²) in [7, 11) is -7.92. The normalized spacial score (nSPS) is 15.1. The first-order chi connectivity index (χ1) is 14.1. The van der Waals surface area contributed by atoms with Gasteiger partial charge in [-0.2, -0.15) is 4.31 Å². The molecule has 11 nitrogen and oxygen atoms in total. The number of benzene rings is 2. The highest BCUT2D eigenvalue weighted by atomic mass is 32.2. The molecule has 1 aliphatic rings. The molecule has 2 aromatic carbocycles. The van der Waals surface area contributed by atoms with Crippen molar-refractivity contribution in [3.8, 4) is 0 Å². The number of hydrogen-bond donors (Lipinski definition) is 2. The molecule has 0 aliphatic carbocycles. The molecule has 1 heterocycles. The monoisotopic (exact) mass is 454 g/mol. The van der Waals surface area contributed by atoms with E-state index in [0.29, 0.717) is 13.1 Å². The predicted molar refractivity (Wildman–Crippen MR) is 105 cm³/mol. The molecule has 0 saturated carbocycles. The van der Waals surface area contributed by atoms with E-state index in [1.807, 2.05) is 10.3 Å². The van der Waals surface area contributed by atoms with E-state index in [4.69, 9.17) is 0 Å². The summed E-state index contributed by atoms with van der Waals surface area (Å²) in [4.78, 5) is 23.8. The fourth-order valence-corrected chi connectivity index (χ4v) is 5.27. The number of nitrogens with one attached hydrogen (secondary N) is 2. The molecule has 0 bridgehead atoms. The minimum atomic E-state index is -4.19. The van der Waals surface area contributed by atoms with Gasteiger partial charge in [-0.1, -0.05) is 6.07 Å². The van der Waals surface area contributed by atoms with Crippen LogP contribution in [0.4, 0.5) is 5.69 Å². The van der Waals surface area contributed by atoms with E-state index in [1.165, 1.54) is 28.6 Å². The number of amides is 1. The molecule has 0 atom stereocenters. The summed E-state index contributed by atoms with van der Waals surface area (Å²) in [6, 6.07) is 9.35. The van der Waals surface area contributed by atoms with Crippen molar-refractivity contribution in [2.45, 2.75) is 22.6 Å². The molecule has 0 unspecified atom stereocenters. The molecule has 2 N–H and O–H groups in total. The van der Waals surface area contributed by atoms with Crippen molar-refractivity contribution in [3.05, 3.63) is 64.2 Å². The highest BCUT2D eigenvalue weighted by molar-refractivity contribution is 7.89. The van der Waals surface area contributed by atoms with Gasteiger partial charge in [0.2, 0.25) is 10.0 Å². The van der Waals surface area contributed by atoms with Crippen molar-refractivity contribution >= 4 is 31.6 Å². The number of nitrogens with zero attached hydrogens (tertiary/aromatic N) is 2. The van der Waals surface area contributed by atoms with Gasteiger partial charge in [0.05, 0.1) is 14.7 Å². The number of rotatable bonds is 7. The van der Waals surface area contributed by atoms with E-state index in [2.05, 4.69) is 0 Å². The average molecular weight is 454 g/mol. The van der Waals surface area contributed by atoms with Crippen LogP contribution in [-0.2, 0) is 20.0 Å². The van der Waals surface area contributed by atoms with E-state index in [-0.39, 0.29) is 21.0 Å². The fourth-order valence-electron chi connectivity index (χ4n) is 2.87. The molecule has 160 valence electrons. The number of sulfonamides is 2. The van der Waals surface area contributed by atoms with Gasteiger partial charge < -0.3 is 0 Å². The van der Waals surface area contributed by atoms with Crippen LogP contribution in [0.2, 0.25) is 0 Å². The van der Waals surface area contributed by atoms with Crippen LogP contribution in [0, 0.1) is 10.1 Å². The zero-order valence-electron chi connectivity index (χ0n) is 15.5. The van der Waals surface area contributed by atoms with Gasteiger partial charge in [0, 0.05) is 30.8 Å². The Balaban J connectivity index is 1.72. The lowest BCUT2D eigenvalue weighted by molar-refractivity contribution is -0.384. The van der Waals surface area contributed by atoms with Gasteiger partial charge >= 0.3 is 0 Å². The Kier molecular flexibility index (Phi) is 6.17. The molecule has 1 amide bonds. The van der Waals surface area contributed by atoms with Crippen LogP contribution in [-0.4, -0.2) is 45.1 Å². The van der Waals surface area contributed by atoms with Crippen LogP contribution in [0.3, 0.4) is 0 Å². The summed E-state index contributed by atoms with van der Waals surface area (Å²) < 4.78 is 51.1. The van der Waals surface area contributed by atoms with Gasteiger partial charge in [-0.05, 0) is 43.2 Å². The van der Waals surface area contributed by atoms with Crippen LogP contribution in [0.15, 0.2) is 58.3 Å². The number of nitro groups is 1. The standard InChI is InChI=1S/C17H18N4O7S2/c22-17(18-19-29(25,26)15-8-6-14(7-9-15)21(23)24)13-4-3-5-16(12-13)30(27,28)20-10-1-2-11-20/h3-9,12,19H,1-2,10-11H2,(H,18,22). The number of hydrazine groups is 1. The van der Waals surface area contributed by atoms with Crippen molar-refractivity contribution < 1.29 is 26.6 Å². The first-order valence-electron chi connectivity index (χ1n) is 8.78. The van der Waals surface area contributed by atoms with Crippen LogP contribution in [0.25, 0.3) is 0 Å². The van der Waals surface area contributed by atoms with Crippen molar-refractivity contribution in [3.63, 3.8) is 0 Å². The molecular formula is C17H18N4O7S2. The molecule has 1 aliphatic heterocycles. The highest BCUT2D eigenvalue weighted by Gasteiger charge is 2.27. The Morgan fingerprint density at radius 3 is 2.20 bits per heavy atom. The third kappa shape index (κ3) is 4.64. The second kappa shape index (κ2) is 8.47. The number of carbonyl (C=O) groups is 1. The molecule has 2 aromatic rings. The highest BCUT2D eigenvalue weighted by Crippen LogP contribution is 2.21. The third-order valence-corrected chi connectivity index (χ3v) is 7.61. The molecule has 0 aromatic heterocycles. The Labute approximate surface area is 172 Å². The van der Waals surface area contributed by atoms with E-state index in [1.54, 1.807) is 0 Å². The summed E-state index contributed by atoms with van der Waals surface area (Å²) in [6.45, 7) is 0.821. The van der Waals surface area contributed by atoms with E-state index in [9.17, 15) is 31.7 Å². The predicted octanol–water partition coefficient (Wildman–Crippen LogP) is 1.00. The topological polar surface area (TPSA) is 156 Å². The van der Waals surface area contributed by atoms with Crippen molar-refractivity contribution in [2.75, 3.05) is 13.1 Å². The van der Waals surface area contributed by atoms with Gasteiger partial charge in [0.15, 0.2) is 0 Å². The lowest BCUT2D eigenvalue weighted by Gasteiger charge is -2.16. The fraction of sp³-hybridized carbons (Fsp3) is 0.235. The van der Waals surface area contributed by atoms with Crippen molar-refractivity contribution in [1.29, 1.82) is 0 Å². The van der Waals surface area contributed by atoms with Gasteiger partial charge in [-0.15, -0.1) is 4.83 Å². The van der Waals surface area contributed by atoms with Crippen molar-refractivity contribution in [1.82, 2.24) is 14.6 Å². The Morgan fingerprint density at radius 1 is 0.967 bits per heavy atom. The average Bonchev–Trinajstić information content (AvgIpc) is 3.28. The number of non-ortho nitro benzene ring substituents is 1. The van der Waals surface area contributed by atoms with E-state index < -0.39 is 30.9 Å².